The van der Waals surface area contributed by atoms with E-state index in [4.69, 9.17) is 22.1 Å². The lowest BCUT2D eigenvalue weighted by Crippen LogP contribution is -2.32. The predicted octanol–water partition coefficient (Wildman–Crippen LogP) is 4.35. The highest BCUT2D eigenvalue weighted by molar-refractivity contribution is 7.71. The zero-order chi connectivity index (χ0) is 19.3. The first-order valence-electron chi connectivity index (χ1n) is 9.50. The molecule has 28 heavy (non-hydrogen) atoms. The molecule has 0 bridgehead atoms. The Hall–Kier alpha value is -2.70. The Morgan fingerprint density at radius 1 is 1.11 bits per heavy atom. The van der Waals surface area contributed by atoms with Gasteiger partial charge in [-0.25, -0.2) is 4.68 Å². The lowest BCUT2D eigenvalue weighted by atomic mass is 10.0. The predicted molar refractivity (Wildman–Crippen MR) is 113 cm³/mol. The summed E-state index contributed by atoms with van der Waals surface area (Å²) in [6, 6.07) is 16.9. The highest BCUT2D eigenvalue weighted by atomic mass is 32.1. The Balaban J connectivity index is 1.57. The molecule has 0 fully saturated rings. The van der Waals surface area contributed by atoms with Crippen molar-refractivity contribution in [2.24, 2.45) is 0 Å². The Labute approximate surface area is 168 Å². The first-order chi connectivity index (χ1) is 13.6. The van der Waals surface area contributed by atoms with Gasteiger partial charge in [0.2, 0.25) is 4.77 Å². The maximum atomic E-state index is 5.82. The Kier molecular flexibility index (Phi) is 4.18. The molecular formula is C22H22N4OS. The van der Waals surface area contributed by atoms with Crippen LogP contribution >= 0.6 is 12.2 Å². The van der Waals surface area contributed by atoms with Crippen LogP contribution in [0.15, 0.2) is 48.5 Å². The summed E-state index contributed by atoms with van der Waals surface area (Å²) in [6.07, 6.45) is 1.07. The number of aryl methyl sites for hydroxylation is 1. The third kappa shape index (κ3) is 2.80. The lowest BCUT2D eigenvalue weighted by molar-refractivity contribution is 0.188. The van der Waals surface area contributed by atoms with E-state index < -0.39 is 0 Å². The van der Waals surface area contributed by atoms with Gasteiger partial charge in [-0.2, -0.15) is 5.10 Å². The second-order valence-corrected chi connectivity index (χ2v) is 7.76. The SMILES string of the molecule is COc1ccc2c(C)cc3nn(CN4CCc5ccccc5C4)c(=S)n3c2c1. The van der Waals surface area contributed by atoms with Crippen molar-refractivity contribution >= 4 is 28.8 Å². The number of fused-ring (bicyclic) bond motifs is 4. The summed E-state index contributed by atoms with van der Waals surface area (Å²) >= 11 is 5.82. The summed E-state index contributed by atoms with van der Waals surface area (Å²) < 4.78 is 10.1. The fourth-order valence-electron chi connectivity index (χ4n) is 4.13. The van der Waals surface area contributed by atoms with Crippen LogP contribution in [0, 0.1) is 11.7 Å². The van der Waals surface area contributed by atoms with Gasteiger partial charge in [-0.3, -0.25) is 9.30 Å². The number of methoxy groups -OCH3 is 1. The van der Waals surface area contributed by atoms with Crippen LogP contribution in [0.25, 0.3) is 16.6 Å². The number of pyridine rings is 1. The van der Waals surface area contributed by atoms with E-state index in [9.17, 15) is 0 Å². The van der Waals surface area contributed by atoms with E-state index >= 15 is 0 Å². The molecule has 3 heterocycles. The van der Waals surface area contributed by atoms with Gasteiger partial charge in [0.25, 0.3) is 0 Å². The van der Waals surface area contributed by atoms with Crippen LogP contribution < -0.4 is 4.74 Å². The summed E-state index contributed by atoms with van der Waals surface area (Å²) in [5.74, 6) is 0.821. The van der Waals surface area contributed by atoms with Crippen LogP contribution in [0.4, 0.5) is 0 Å². The van der Waals surface area contributed by atoms with Crippen molar-refractivity contribution in [1.82, 2.24) is 19.1 Å². The first kappa shape index (κ1) is 17.4. The van der Waals surface area contributed by atoms with Gasteiger partial charge in [0.05, 0.1) is 19.3 Å². The minimum Gasteiger partial charge on any atom is -0.497 e. The molecule has 5 nitrogen and oxygen atoms in total. The number of nitrogens with zero attached hydrogens (tertiary/aromatic N) is 4. The second kappa shape index (κ2) is 6.72. The Bertz CT molecular complexity index is 1260. The third-order valence-corrected chi connectivity index (χ3v) is 6.02. The number of hydrogen-bond acceptors (Lipinski definition) is 4. The zero-order valence-electron chi connectivity index (χ0n) is 16.1. The number of benzene rings is 2. The molecule has 1 aliphatic heterocycles. The molecule has 0 N–H and O–H groups in total. The van der Waals surface area contributed by atoms with E-state index in [1.807, 2.05) is 16.8 Å². The molecule has 0 unspecified atom stereocenters. The van der Waals surface area contributed by atoms with Crippen molar-refractivity contribution in [2.75, 3.05) is 13.7 Å². The number of rotatable bonds is 3. The van der Waals surface area contributed by atoms with E-state index in [-0.39, 0.29) is 0 Å². The molecule has 0 atom stereocenters. The van der Waals surface area contributed by atoms with Crippen LogP contribution in [0.1, 0.15) is 16.7 Å². The van der Waals surface area contributed by atoms with E-state index in [1.54, 1.807) is 7.11 Å². The molecule has 0 saturated heterocycles. The molecule has 0 amide bonds. The largest absolute Gasteiger partial charge is 0.497 e. The smallest absolute Gasteiger partial charge is 0.204 e. The van der Waals surface area contributed by atoms with Gasteiger partial charge in [-0.1, -0.05) is 24.3 Å². The quantitative estimate of drug-likeness (QED) is 0.487. The van der Waals surface area contributed by atoms with Gasteiger partial charge < -0.3 is 4.74 Å². The minimum absolute atomic E-state index is 0.694. The average Bonchev–Trinajstić information content (AvgIpc) is 3.02. The molecule has 0 spiro atoms. The fraction of sp³-hybridized carbons (Fsp3) is 0.273. The van der Waals surface area contributed by atoms with Crippen molar-refractivity contribution in [2.45, 2.75) is 26.6 Å². The first-order valence-corrected chi connectivity index (χ1v) is 9.91. The monoisotopic (exact) mass is 390 g/mol. The molecule has 1 aliphatic rings. The lowest BCUT2D eigenvalue weighted by Gasteiger charge is -2.28. The maximum Gasteiger partial charge on any atom is 0.204 e. The Morgan fingerprint density at radius 3 is 2.75 bits per heavy atom. The molecule has 0 aliphatic carbocycles. The molecule has 2 aromatic carbocycles. The normalized spacial score (nSPS) is 14.5. The van der Waals surface area contributed by atoms with Crippen molar-refractivity contribution in [3.8, 4) is 5.75 Å². The summed E-state index contributed by atoms with van der Waals surface area (Å²) in [5, 5.41) is 5.98. The van der Waals surface area contributed by atoms with Gasteiger partial charge >= 0.3 is 0 Å². The van der Waals surface area contributed by atoms with Crippen LogP contribution in [-0.4, -0.2) is 32.7 Å². The third-order valence-electron chi connectivity index (χ3n) is 5.62. The molecule has 0 saturated carbocycles. The highest BCUT2D eigenvalue weighted by Gasteiger charge is 2.18. The van der Waals surface area contributed by atoms with Crippen LogP contribution in [0.2, 0.25) is 0 Å². The highest BCUT2D eigenvalue weighted by Crippen LogP contribution is 2.26. The van der Waals surface area contributed by atoms with Crippen molar-refractivity contribution in [1.29, 1.82) is 0 Å². The summed E-state index contributed by atoms with van der Waals surface area (Å²) in [5.41, 5.74) is 5.94. The van der Waals surface area contributed by atoms with Gasteiger partial charge in [0, 0.05) is 24.5 Å². The molecule has 5 rings (SSSR count). The van der Waals surface area contributed by atoms with E-state index in [0.717, 1.165) is 41.8 Å². The molecule has 6 heteroatoms. The molecule has 2 aromatic heterocycles. The zero-order valence-corrected chi connectivity index (χ0v) is 16.9. The number of hydrogen-bond donors (Lipinski definition) is 0. The topological polar surface area (TPSA) is 34.7 Å². The fourth-order valence-corrected chi connectivity index (χ4v) is 4.42. The average molecular weight is 391 g/mol. The van der Waals surface area contributed by atoms with E-state index in [0.29, 0.717) is 11.4 Å². The van der Waals surface area contributed by atoms with Gasteiger partial charge in [-0.15, -0.1) is 0 Å². The van der Waals surface area contributed by atoms with Crippen molar-refractivity contribution in [3.63, 3.8) is 0 Å². The second-order valence-electron chi connectivity index (χ2n) is 7.40. The van der Waals surface area contributed by atoms with Gasteiger partial charge in [0.15, 0.2) is 5.65 Å². The number of aromatic nitrogens is 3. The molecule has 0 radical (unpaired) electrons. The van der Waals surface area contributed by atoms with Gasteiger partial charge in [-0.05, 0) is 60.5 Å². The summed E-state index contributed by atoms with van der Waals surface area (Å²) in [4.78, 5) is 2.40. The van der Waals surface area contributed by atoms with Crippen LogP contribution in [0.5, 0.6) is 5.75 Å². The molecule has 4 aromatic rings. The number of ether oxygens (including phenoxy) is 1. The van der Waals surface area contributed by atoms with E-state index in [2.05, 4.69) is 52.6 Å². The van der Waals surface area contributed by atoms with Crippen molar-refractivity contribution < 1.29 is 4.74 Å². The minimum atomic E-state index is 0.694. The maximum absolute atomic E-state index is 5.82. The standard InChI is InChI=1S/C22H22N4OS/c1-15-11-21-23-25(14-24-10-9-16-5-3-4-6-17(16)13-24)22(28)26(21)20-12-18(27-2)7-8-19(15)20/h3-8,11-12H,9-10,13-14H2,1-2H3. The Morgan fingerprint density at radius 2 is 1.93 bits per heavy atom. The van der Waals surface area contributed by atoms with Crippen LogP contribution in [0.3, 0.4) is 0 Å². The summed E-state index contributed by atoms with van der Waals surface area (Å²) in [6.45, 7) is 4.75. The molecular weight excluding hydrogens is 368 g/mol. The van der Waals surface area contributed by atoms with Crippen molar-refractivity contribution in [3.05, 3.63) is 70.0 Å². The summed E-state index contributed by atoms with van der Waals surface area (Å²) in [7, 11) is 1.69. The van der Waals surface area contributed by atoms with Crippen LogP contribution in [-0.2, 0) is 19.6 Å². The van der Waals surface area contributed by atoms with Gasteiger partial charge in [0.1, 0.15) is 5.75 Å². The molecule has 142 valence electrons. The van der Waals surface area contributed by atoms with E-state index in [1.165, 1.54) is 16.7 Å².